The second-order valence-electron chi connectivity index (χ2n) is 4.47. The second-order valence-corrected chi connectivity index (χ2v) is 4.47. The summed E-state index contributed by atoms with van der Waals surface area (Å²) in [6.45, 7) is 5.85. The summed E-state index contributed by atoms with van der Waals surface area (Å²) in [5, 5.41) is 0. The van der Waals surface area contributed by atoms with Crippen molar-refractivity contribution in [2.75, 3.05) is 6.61 Å². The third-order valence-corrected chi connectivity index (χ3v) is 2.96. The van der Waals surface area contributed by atoms with E-state index in [2.05, 4.69) is 4.99 Å². The van der Waals surface area contributed by atoms with Crippen molar-refractivity contribution in [3.63, 3.8) is 0 Å². The van der Waals surface area contributed by atoms with E-state index < -0.39 is 0 Å². The lowest BCUT2D eigenvalue weighted by molar-refractivity contribution is 0.127. The summed E-state index contributed by atoms with van der Waals surface area (Å²) in [4.78, 5) is 18.0. The van der Waals surface area contributed by atoms with Crippen molar-refractivity contribution < 1.29 is 9.53 Å². The first-order valence-electron chi connectivity index (χ1n) is 6.58. The van der Waals surface area contributed by atoms with Gasteiger partial charge in [0.05, 0.1) is 12.3 Å². The molecule has 4 heteroatoms. The molecule has 0 radical (unpaired) electrons. The van der Waals surface area contributed by atoms with Gasteiger partial charge < -0.3 is 4.74 Å². The van der Waals surface area contributed by atoms with Crippen molar-refractivity contribution in [2.45, 2.75) is 20.8 Å². The van der Waals surface area contributed by atoms with Crippen LogP contribution in [0.5, 0.6) is 0 Å². The minimum absolute atomic E-state index is 0.349. The molecule has 4 nitrogen and oxygen atoms in total. The predicted octanol–water partition coefficient (Wildman–Crippen LogP) is 3.71. The molecule has 0 fully saturated rings. The lowest BCUT2D eigenvalue weighted by Gasteiger charge is -2.21. The smallest absolute Gasteiger partial charge is 0.418 e. The highest BCUT2D eigenvalue weighted by atomic mass is 16.6. The van der Waals surface area contributed by atoms with Gasteiger partial charge in [0.1, 0.15) is 0 Å². The van der Waals surface area contributed by atoms with Crippen molar-refractivity contribution >= 4 is 11.8 Å². The summed E-state index contributed by atoms with van der Waals surface area (Å²) in [6, 6.07) is 9.87. The van der Waals surface area contributed by atoms with Gasteiger partial charge in [-0.1, -0.05) is 30.3 Å². The number of nitrogens with zero attached hydrogens (tertiary/aromatic N) is 2. The summed E-state index contributed by atoms with van der Waals surface area (Å²) in [6.07, 6.45) is 3.20. The van der Waals surface area contributed by atoms with Crippen LogP contribution in [0.4, 0.5) is 4.79 Å². The van der Waals surface area contributed by atoms with Crippen LogP contribution in [0.25, 0.3) is 0 Å². The van der Waals surface area contributed by atoms with Crippen LogP contribution >= 0.6 is 0 Å². The van der Waals surface area contributed by atoms with Crippen LogP contribution in [0.3, 0.4) is 0 Å². The van der Waals surface area contributed by atoms with E-state index in [1.54, 1.807) is 13.1 Å². The van der Waals surface area contributed by atoms with Gasteiger partial charge in [0.15, 0.2) is 0 Å². The van der Waals surface area contributed by atoms with E-state index in [4.69, 9.17) is 4.74 Å². The molecule has 0 spiro atoms. The number of hydrogen-bond acceptors (Lipinski definition) is 3. The van der Waals surface area contributed by atoms with Gasteiger partial charge in [0.2, 0.25) is 0 Å². The van der Waals surface area contributed by atoms with Crippen molar-refractivity contribution in [1.82, 2.24) is 4.90 Å². The lowest BCUT2D eigenvalue weighted by Crippen LogP contribution is -2.28. The molecule has 0 unspecified atom stereocenters. The Labute approximate surface area is 119 Å². The molecule has 1 aromatic carbocycles. The number of allylic oxidation sites excluding steroid dienone is 3. The van der Waals surface area contributed by atoms with Crippen molar-refractivity contribution in [3.05, 3.63) is 59.6 Å². The van der Waals surface area contributed by atoms with Crippen LogP contribution in [-0.2, 0) is 4.74 Å². The van der Waals surface area contributed by atoms with Gasteiger partial charge in [-0.2, -0.15) is 0 Å². The van der Waals surface area contributed by atoms with Crippen LogP contribution in [0.15, 0.2) is 59.0 Å². The molecule has 0 N–H and O–H groups in total. The predicted molar refractivity (Wildman–Crippen MR) is 79.4 cm³/mol. The number of carbonyl (C=O) groups excluding carboxylic acids is 1. The van der Waals surface area contributed by atoms with Crippen LogP contribution < -0.4 is 0 Å². The van der Waals surface area contributed by atoms with E-state index in [1.165, 1.54) is 4.90 Å². The average Bonchev–Trinajstić information content (AvgIpc) is 2.59. The number of hydrogen-bond donors (Lipinski definition) is 0. The fourth-order valence-electron chi connectivity index (χ4n) is 2.04. The number of ether oxygens (including phenoxy) is 1. The topological polar surface area (TPSA) is 41.9 Å². The molecule has 0 aliphatic carbocycles. The Kier molecular flexibility index (Phi) is 4.35. The highest BCUT2D eigenvalue weighted by Crippen LogP contribution is 2.19. The minimum Gasteiger partial charge on any atom is -0.449 e. The summed E-state index contributed by atoms with van der Waals surface area (Å²) in [5.41, 5.74) is 3.37. The quantitative estimate of drug-likeness (QED) is 0.822. The second kappa shape index (κ2) is 6.19. The maximum absolute atomic E-state index is 12.0. The Morgan fingerprint density at radius 1 is 1.20 bits per heavy atom. The van der Waals surface area contributed by atoms with Crippen molar-refractivity contribution in [3.8, 4) is 0 Å². The number of carbonyl (C=O) groups is 1. The van der Waals surface area contributed by atoms with Crippen LogP contribution in [0, 0.1) is 0 Å². The minimum atomic E-state index is -0.375. The van der Waals surface area contributed by atoms with Gasteiger partial charge in [0, 0.05) is 23.2 Å². The molecule has 0 saturated carbocycles. The Balaban J connectivity index is 2.36. The first-order chi connectivity index (χ1) is 9.63. The number of aliphatic imine (C=N–C) groups is 1. The lowest BCUT2D eigenvalue weighted by atomic mass is 10.1. The molecule has 0 atom stereocenters. The van der Waals surface area contributed by atoms with E-state index in [-0.39, 0.29) is 6.09 Å². The zero-order valence-corrected chi connectivity index (χ0v) is 12.0. The summed E-state index contributed by atoms with van der Waals surface area (Å²) < 4.78 is 5.07. The van der Waals surface area contributed by atoms with E-state index in [9.17, 15) is 4.79 Å². The molecule has 0 bridgehead atoms. The van der Waals surface area contributed by atoms with E-state index >= 15 is 0 Å². The summed E-state index contributed by atoms with van der Waals surface area (Å²) in [7, 11) is 0. The molecule has 1 amide bonds. The van der Waals surface area contributed by atoms with Gasteiger partial charge in [-0.3, -0.25) is 9.89 Å². The van der Waals surface area contributed by atoms with Crippen LogP contribution in [0.1, 0.15) is 26.3 Å². The first-order valence-corrected chi connectivity index (χ1v) is 6.58. The third-order valence-electron chi connectivity index (χ3n) is 2.96. The molecule has 1 aliphatic rings. The Hall–Kier alpha value is -2.36. The summed E-state index contributed by atoms with van der Waals surface area (Å²) in [5.74, 6) is 0. The Morgan fingerprint density at radius 2 is 1.90 bits per heavy atom. The average molecular weight is 270 g/mol. The maximum atomic E-state index is 12.0. The molecule has 1 aliphatic heterocycles. The molecule has 0 aromatic heterocycles. The zero-order chi connectivity index (χ0) is 14.5. The largest absolute Gasteiger partial charge is 0.449 e. The van der Waals surface area contributed by atoms with Crippen molar-refractivity contribution in [1.29, 1.82) is 0 Å². The van der Waals surface area contributed by atoms with Crippen LogP contribution in [0.2, 0.25) is 0 Å². The van der Waals surface area contributed by atoms with Gasteiger partial charge in [0.25, 0.3) is 0 Å². The summed E-state index contributed by atoms with van der Waals surface area (Å²) >= 11 is 0. The Morgan fingerprint density at radius 3 is 2.55 bits per heavy atom. The van der Waals surface area contributed by atoms with Crippen LogP contribution in [-0.4, -0.2) is 23.3 Å². The van der Waals surface area contributed by atoms with Gasteiger partial charge in [-0.15, -0.1) is 0 Å². The SMILES string of the molecule is CCOC(=O)N1C(C)=CN=C(c2ccccc2)C=C1C. The monoisotopic (exact) mass is 270 g/mol. The molecule has 104 valence electrons. The van der Waals surface area contributed by atoms with E-state index in [0.717, 1.165) is 22.7 Å². The van der Waals surface area contributed by atoms with Gasteiger partial charge in [-0.05, 0) is 26.8 Å². The fourth-order valence-corrected chi connectivity index (χ4v) is 2.04. The molecular formula is C16H18N2O2. The third kappa shape index (κ3) is 2.96. The highest BCUT2D eigenvalue weighted by molar-refractivity contribution is 6.09. The van der Waals surface area contributed by atoms with E-state index in [0.29, 0.717) is 6.61 Å². The Bertz CT molecular complexity index is 586. The highest BCUT2D eigenvalue weighted by Gasteiger charge is 2.20. The molecule has 1 aromatic rings. The number of rotatable bonds is 2. The molecular weight excluding hydrogens is 252 g/mol. The zero-order valence-electron chi connectivity index (χ0n) is 12.0. The standard InChI is InChI=1S/C16H18N2O2/c1-4-20-16(19)18-12(2)10-15(17-11-13(18)3)14-8-6-5-7-9-14/h5-11H,4H2,1-3H3. The molecule has 20 heavy (non-hydrogen) atoms. The number of benzene rings is 1. The molecule has 0 saturated heterocycles. The maximum Gasteiger partial charge on any atom is 0.418 e. The fraction of sp³-hybridized carbons (Fsp3) is 0.250. The number of amides is 1. The molecule has 1 heterocycles. The van der Waals surface area contributed by atoms with E-state index in [1.807, 2.05) is 50.3 Å². The van der Waals surface area contributed by atoms with Gasteiger partial charge in [-0.25, -0.2) is 4.79 Å². The normalized spacial score (nSPS) is 14.9. The molecule has 2 rings (SSSR count). The van der Waals surface area contributed by atoms with Gasteiger partial charge >= 0.3 is 6.09 Å². The van der Waals surface area contributed by atoms with Crippen molar-refractivity contribution in [2.24, 2.45) is 4.99 Å². The first kappa shape index (κ1) is 14.1.